The largest absolute Gasteiger partial charge is 0.380 e. The normalized spacial score (nSPS) is 14.2. The van der Waals surface area contributed by atoms with Crippen molar-refractivity contribution in [2.45, 2.75) is 32.6 Å². The third kappa shape index (κ3) is 6.64. The van der Waals surface area contributed by atoms with E-state index in [9.17, 15) is 9.59 Å². The molecular formula is C33H40N6O3. The minimum atomic E-state index is -0.190. The van der Waals surface area contributed by atoms with Crippen molar-refractivity contribution in [1.29, 1.82) is 0 Å². The van der Waals surface area contributed by atoms with Gasteiger partial charge in [-0.05, 0) is 93.3 Å². The van der Waals surface area contributed by atoms with Gasteiger partial charge in [-0.15, -0.1) is 0 Å². The van der Waals surface area contributed by atoms with Gasteiger partial charge in [0.15, 0.2) is 0 Å². The van der Waals surface area contributed by atoms with Crippen LogP contribution >= 0.6 is 0 Å². The number of piperidine rings is 1. The zero-order valence-corrected chi connectivity index (χ0v) is 24.7. The quantitative estimate of drug-likeness (QED) is 0.233. The first-order valence-corrected chi connectivity index (χ1v) is 14.8. The van der Waals surface area contributed by atoms with E-state index in [4.69, 9.17) is 4.74 Å². The predicted molar refractivity (Wildman–Crippen MR) is 168 cm³/mol. The number of fused-ring (bicyclic) bond motifs is 1. The number of benzene rings is 2. The molecule has 2 aromatic heterocycles. The maximum Gasteiger partial charge on any atom is 0.325 e. The molecule has 2 aromatic carbocycles. The molecule has 0 atom stereocenters. The number of carbonyl (C=O) groups excluding carboxylic acids is 2. The van der Waals surface area contributed by atoms with Crippen molar-refractivity contribution in [3.63, 3.8) is 0 Å². The summed E-state index contributed by atoms with van der Waals surface area (Å²) in [6.45, 7) is 9.30. The summed E-state index contributed by atoms with van der Waals surface area (Å²) in [6, 6.07) is 19.5. The number of amides is 2. The number of aromatic nitrogens is 2. The number of anilines is 3. The van der Waals surface area contributed by atoms with E-state index < -0.39 is 0 Å². The fourth-order valence-electron chi connectivity index (χ4n) is 5.64. The van der Waals surface area contributed by atoms with Gasteiger partial charge in [0.05, 0.1) is 12.1 Å². The summed E-state index contributed by atoms with van der Waals surface area (Å²) < 4.78 is 7.26. The zero-order valence-electron chi connectivity index (χ0n) is 24.7. The van der Waals surface area contributed by atoms with Crippen LogP contribution in [0.15, 0.2) is 73.1 Å². The molecule has 0 unspecified atom stereocenters. The Morgan fingerprint density at radius 3 is 2.48 bits per heavy atom. The van der Waals surface area contributed by atoms with Crippen molar-refractivity contribution in [3.8, 4) is 0 Å². The summed E-state index contributed by atoms with van der Waals surface area (Å²) in [5.74, 6) is 0.833. The van der Waals surface area contributed by atoms with Crippen molar-refractivity contribution < 1.29 is 14.3 Å². The lowest BCUT2D eigenvalue weighted by molar-refractivity contribution is 0.102. The lowest BCUT2D eigenvalue weighted by Crippen LogP contribution is -2.32. The van der Waals surface area contributed by atoms with Gasteiger partial charge in [-0.25, -0.2) is 9.78 Å². The van der Waals surface area contributed by atoms with Crippen molar-refractivity contribution in [2.75, 3.05) is 56.7 Å². The molecule has 42 heavy (non-hydrogen) atoms. The van der Waals surface area contributed by atoms with Crippen LogP contribution in [0.25, 0.3) is 10.9 Å². The Morgan fingerprint density at radius 2 is 1.76 bits per heavy atom. The number of rotatable bonds is 10. The van der Waals surface area contributed by atoms with E-state index >= 15 is 0 Å². The van der Waals surface area contributed by atoms with Crippen LogP contribution in [0.4, 0.5) is 22.0 Å². The van der Waals surface area contributed by atoms with Crippen LogP contribution in [-0.4, -0.2) is 72.8 Å². The van der Waals surface area contributed by atoms with Crippen LogP contribution in [0.1, 0.15) is 48.5 Å². The Morgan fingerprint density at radius 1 is 1.00 bits per heavy atom. The third-order valence-corrected chi connectivity index (χ3v) is 8.06. The van der Waals surface area contributed by atoms with Gasteiger partial charge in [-0.3, -0.25) is 9.36 Å². The second kappa shape index (κ2) is 13.6. The molecule has 220 valence electrons. The summed E-state index contributed by atoms with van der Waals surface area (Å²) in [5, 5.41) is 6.58. The van der Waals surface area contributed by atoms with E-state index in [1.54, 1.807) is 24.0 Å². The van der Waals surface area contributed by atoms with E-state index in [-0.39, 0.29) is 11.9 Å². The number of hydrogen-bond acceptors (Lipinski definition) is 6. The molecule has 1 aliphatic heterocycles. The van der Waals surface area contributed by atoms with Gasteiger partial charge >= 0.3 is 6.03 Å². The molecule has 0 spiro atoms. The average molecular weight is 569 g/mol. The molecule has 9 nitrogen and oxygen atoms in total. The smallest absolute Gasteiger partial charge is 0.325 e. The maximum atomic E-state index is 13.1. The number of pyridine rings is 1. The minimum absolute atomic E-state index is 0.188. The molecule has 0 aliphatic carbocycles. The summed E-state index contributed by atoms with van der Waals surface area (Å²) in [6.07, 6.45) is 5.77. The molecule has 4 aromatic rings. The molecule has 9 heteroatoms. The molecule has 2 N–H and O–H groups in total. The molecule has 1 aliphatic rings. The standard InChI is InChI=1S/C33H40N6O3/c1-4-37-17-13-25(14-18-37)24-6-8-26(9-7-24)32(40)36-31-23-29(12-16-35-31)38(20-21-42-5-2)28-10-11-30-27(22-28)15-19-39(30)33(41)34-3/h6-12,15-16,19,22-23,25H,4-5,13-14,17-18,20-21H2,1-3H3,(H,34,41)(H,35,36,40). The average Bonchev–Trinajstić information content (AvgIpc) is 3.46. The Kier molecular flexibility index (Phi) is 9.51. The second-order valence-electron chi connectivity index (χ2n) is 10.5. The Hall–Kier alpha value is -4.21. The number of nitrogens with one attached hydrogen (secondary N) is 2. The number of likely N-dealkylation sites (tertiary alicyclic amines) is 1. The summed E-state index contributed by atoms with van der Waals surface area (Å²) in [7, 11) is 1.62. The summed E-state index contributed by atoms with van der Waals surface area (Å²) in [5.41, 5.74) is 4.55. The summed E-state index contributed by atoms with van der Waals surface area (Å²) >= 11 is 0. The molecule has 5 rings (SSSR count). The molecule has 0 radical (unpaired) electrons. The van der Waals surface area contributed by atoms with Crippen LogP contribution in [0.5, 0.6) is 0 Å². The predicted octanol–water partition coefficient (Wildman–Crippen LogP) is 5.85. The maximum absolute atomic E-state index is 13.1. The van der Waals surface area contributed by atoms with Gasteiger partial charge in [-0.1, -0.05) is 19.1 Å². The van der Waals surface area contributed by atoms with Crippen molar-refractivity contribution in [1.82, 2.24) is 19.8 Å². The van der Waals surface area contributed by atoms with Crippen LogP contribution in [-0.2, 0) is 4.74 Å². The van der Waals surface area contributed by atoms with E-state index in [1.165, 1.54) is 5.56 Å². The lowest BCUT2D eigenvalue weighted by atomic mass is 9.89. The van der Waals surface area contributed by atoms with Gasteiger partial charge in [0.1, 0.15) is 5.82 Å². The van der Waals surface area contributed by atoms with Crippen LogP contribution < -0.4 is 15.5 Å². The highest BCUT2D eigenvalue weighted by molar-refractivity contribution is 6.04. The van der Waals surface area contributed by atoms with Crippen LogP contribution in [0.3, 0.4) is 0 Å². The topological polar surface area (TPSA) is 91.7 Å². The number of carbonyl (C=O) groups is 2. The van der Waals surface area contributed by atoms with Crippen molar-refractivity contribution >= 4 is 40.0 Å². The molecule has 1 saturated heterocycles. The van der Waals surface area contributed by atoms with Gasteiger partial charge in [0, 0.05) is 61.0 Å². The van der Waals surface area contributed by atoms with E-state index in [1.807, 2.05) is 55.5 Å². The Balaban J connectivity index is 1.32. The first kappa shape index (κ1) is 29.3. The number of ether oxygens (including phenoxy) is 1. The first-order valence-electron chi connectivity index (χ1n) is 14.8. The minimum Gasteiger partial charge on any atom is -0.380 e. The first-order chi connectivity index (χ1) is 20.5. The Labute approximate surface area is 247 Å². The molecule has 1 fully saturated rings. The van der Waals surface area contributed by atoms with Crippen LogP contribution in [0, 0.1) is 0 Å². The van der Waals surface area contributed by atoms with E-state index in [0.29, 0.717) is 37.1 Å². The van der Waals surface area contributed by atoms with Gasteiger partial charge < -0.3 is 25.2 Å². The summed E-state index contributed by atoms with van der Waals surface area (Å²) in [4.78, 5) is 34.4. The molecule has 0 bridgehead atoms. The van der Waals surface area contributed by atoms with Gasteiger partial charge in [-0.2, -0.15) is 0 Å². The fourth-order valence-corrected chi connectivity index (χ4v) is 5.64. The van der Waals surface area contributed by atoms with Gasteiger partial charge in [0.25, 0.3) is 5.91 Å². The zero-order chi connectivity index (χ0) is 29.5. The molecular weight excluding hydrogens is 528 g/mol. The molecule has 2 amide bonds. The van der Waals surface area contributed by atoms with Crippen molar-refractivity contribution in [3.05, 3.63) is 84.2 Å². The van der Waals surface area contributed by atoms with Crippen LogP contribution in [0.2, 0.25) is 0 Å². The van der Waals surface area contributed by atoms with Gasteiger partial charge in [0.2, 0.25) is 0 Å². The third-order valence-electron chi connectivity index (χ3n) is 8.06. The fraction of sp³-hybridized carbons (Fsp3) is 0.364. The SMILES string of the molecule is CCOCCN(c1ccnc(NC(=O)c2ccc(C3CCN(CC)CC3)cc2)c1)c1ccc2c(ccn2C(=O)NC)c1. The molecule has 0 saturated carbocycles. The van der Waals surface area contributed by atoms with E-state index in [0.717, 1.165) is 54.8 Å². The highest BCUT2D eigenvalue weighted by Gasteiger charge is 2.20. The second-order valence-corrected chi connectivity index (χ2v) is 10.5. The monoisotopic (exact) mass is 568 g/mol. The number of hydrogen-bond donors (Lipinski definition) is 2. The molecule has 3 heterocycles. The highest BCUT2D eigenvalue weighted by atomic mass is 16.5. The lowest BCUT2D eigenvalue weighted by Gasteiger charge is -2.31. The number of nitrogens with zero attached hydrogens (tertiary/aromatic N) is 4. The van der Waals surface area contributed by atoms with Crippen molar-refractivity contribution in [2.24, 2.45) is 0 Å². The highest BCUT2D eigenvalue weighted by Crippen LogP contribution is 2.31. The van der Waals surface area contributed by atoms with E-state index in [2.05, 4.69) is 44.5 Å². The Bertz CT molecular complexity index is 1510.